The Morgan fingerprint density at radius 2 is 1.75 bits per heavy atom. The van der Waals surface area contributed by atoms with Crippen molar-refractivity contribution in [3.63, 3.8) is 0 Å². The average Bonchev–Trinajstić information content (AvgIpc) is 2.17. The van der Waals surface area contributed by atoms with Crippen LogP contribution in [0.15, 0.2) is 0 Å². The van der Waals surface area contributed by atoms with Crippen LogP contribution in [0.3, 0.4) is 0 Å². The summed E-state index contributed by atoms with van der Waals surface area (Å²) in [5, 5.41) is 9.29. The molecule has 1 N–H and O–H groups in total. The zero-order valence-electron chi connectivity index (χ0n) is 11.4. The van der Waals surface area contributed by atoms with Crippen molar-refractivity contribution in [3.8, 4) is 0 Å². The number of rotatable bonds is 4. The Morgan fingerprint density at radius 3 is 2.19 bits per heavy atom. The highest BCUT2D eigenvalue weighted by molar-refractivity contribution is 4.94. The molecule has 0 heterocycles. The molecule has 1 atom stereocenters. The van der Waals surface area contributed by atoms with E-state index in [-0.39, 0.29) is 17.1 Å². The van der Waals surface area contributed by atoms with Crippen LogP contribution in [0.5, 0.6) is 0 Å². The average molecular weight is 228 g/mol. The van der Waals surface area contributed by atoms with E-state index < -0.39 is 0 Å². The summed E-state index contributed by atoms with van der Waals surface area (Å²) in [5.74, 6) is 0. The minimum absolute atomic E-state index is 0.0418. The predicted molar refractivity (Wildman–Crippen MR) is 67.5 cm³/mol. The van der Waals surface area contributed by atoms with Gasteiger partial charge in [0.2, 0.25) is 0 Å². The largest absolute Gasteiger partial charge is 0.393 e. The second kappa shape index (κ2) is 5.50. The van der Waals surface area contributed by atoms with Gasteiger partial charge in [-0.25, -0.2) is 0 Å². The third kappa shape index (κ3) is 3.46. The van der Waals surface area contributed by atoms with Crippen LogP contribution in [0.2, 0.25) is 0 Å². The molecule has 0 amide bonds. The van der Waals surface area contributed by atoms with Crippen LogP contribution >= 0.6 is 0 Å². The van der Waals surface area contributed by atoms with Gasteiger partial charge in [0.1, 0.15) is 0 Å². The van der Waals surface area contributed by atoms with Gasteiger partial charge < -0.3 is 9.84 Å². The molecular formula is C14H28O2. The fourth-order valence-electron chi connectivity index (χ4n) is 2.66. The number of aliphatic hydroxyl groups excluding tert-OH is 1. The highest BCUT2D eigenvalue weighted by atomic mass is 16.5. The van der Waals surface area contributed by atoms with Crippen molar-refractivity contribution in [2.24, 2.45) is 5.41 Å². The van der Waals surface area contributed by atoms with Gasteiger partial charge in [-0.05, 0) is 31.6 Å². The Labute approximate surface area is 100 Å². The molecule has 96 valence electrons. The Kier molecular flexibility index (Phi) is 4.81. The van der Waals surface area contributed by atoms with Crippen LogP contribution in [-0.2, 0) is 4.74 Å². The van der Waals surface area contributed by atoms with Crippen molar-refractivity contribution in [2.75, 3.05) is 6.61 Å². The highest BCUT2D eigenvalue weighted by Gasteiger charge is 2.43. The lowest BCUT2D eigenvalue weighted by atomic mass is 9.68. The van der Waals surface area contributed by atoms with Crippen LogP contribution in [0.1, 0.15) is 66.2 Å². The summed E-state index contributed by atoms with van der Waals surface area (Å²) in [6.45, 7) is 9.35. The SMILES string of the molecule is CC(O)CCOC1(C(C)(C)C)CCCCC1. The van der Waals surface area contributed by atoms with Gasteiger partial charge >= 0.3 is 0 Å². The quantitative estimate of drug-likeness (QED) is 0.797. The van der Waals surface area contributed by atoms with E-state index in [0.29, 0.717) is 6.61 Å². The molecular weight excluding hydrogens is 200 g/mol. The molecule has 0 aromatic heterocycles. The highest BCUT2D eigenvalue weighted by Crippen LogP contribution is 2.44. The molecule has 0 saturated heterocycles. The third-order valence-electron chi connectivity index (χ3n) is 3.94. The lowest BCUT2D eigenvalue weighted by Crippen LogP contribution is -2.47. The Bertz CT molecular complexity index is 197. The molecule has 0 radical (unpaired) electrons. The first-order valence-electron chi connectivity index (χ1n) is 6.69. The molecule has 16 heavy (non-hydrogen) atoms. The topological polar surface area (TPSA) is 29.5 Å². The molecule has 2 heteroatoms. The van der Waals surface area contributed by atoms with Crippen LogP contribution in [-0.4, -0.2) is 23.4 Å². The fraction of sp³-hybridized carbons (Fsp3) is 1.00. The molecule has 0 spiro atoms. The van der Waals surface area contributed by atoms with Gasteiger partial charge in [0.25, 0.3) is 0 Å². The zero-order valence-corrected chi connectivity index (χ0v) is 11.4. The molecule has 0 bridgehead atoms. The van der Waals surface area contributed by atoms with E-state index in [0.717, 1.165) is 6.42 Å². The van der Waals surface area contributed by atoms with Crippen molar-refractivity contribution in [2.45, 2.75) is 77.9 Å². The summed E-state index contributed by atoms with van der Waals surface area (Å²) in [6.07, 6.45) is 6.76. The van der Waals surface area contributed by atoms with Crippen molar-refractivity contribution in [3.05, 3.63) is 0 Å². The van der Waals surface area contributed by atoms with E-state index in [1.165, 1.54) is 32.1 Å². The molecule has 1 unspecified atom stereocenters. The predicted octanol–water partition coefficient (Wildman–Crippen LogP) is 3.52. The van der Waals surface area contributed by atoms with Crippen LogP contribution < -0.4 is 0 Å². The second-order valence-corrected chi connectivity index (χ2v) is 6.29. The maximum atomic E-state index is 9.29. The first kappa shape index (κ1) is 14.0. The van der Waals surface area contributed by atoms with Gasteiger partial charge in [0, 0.05) is 6.61 Å². The Balaban J connectivity index is 2.57. The van der Waals surface area contributed by atoms with E-state index in [9.17, 15) is 5.11 Å². The van der Waals surface area contributed by atoms with E-state index in [1.807, 2.05) is 6.92 Å². The smallest absolute Gasteiger partial charge is 0.0730 e. The van der Waals surface area contributed by atoms with E-state index >= 15 is 0 Å². The maximum Gasteiger partial charge on any atom is 0.0730 e. The van der Waals surface area contributed by atoms with Gasteiger partial charge in [-0.2, -0.15) is 0 Å². The Hall–Kier alpha value is -0.0800. The third-order valence-corrected chi connectivity index (χ3v) is 3.94. The molecule has 2 nitrogen and oxygen atoms in total. The fourth-order valence-corrected chi connectivity index (χ4v) is 2.66. The molecule has 0 aromatic rings. The van der Waals surface area contributed by atoms with Gasteiger partial charge in [-0.15, -0.1) is 0 Å². The molecule has 1 fully saturated rings. The summed E-state index contributed by atoms with van der Waals surface area (Å²) in [7, 11) is 0. The molecule has 1 saturated carbocycles. The Morgan fingerprint density at radius 1 is 1.19 bits per heavy atom. The lowest BCUT2D eigenvalue weighted by molar-refractivity contribution is -0.142. The normalized spacial score (nSPS) is 23.1. The van der Waals surface area contributed by atoms with Crippen molar-refractivity contribution >= 4 is 0 Å². The number of hydrogen-bond donors (Lipinski definition) is 1. The van der Waals surface area contributed by atoms with Gasteiger partial charge in [-0.3, -0.25) is 0 Å². The first-order chi connectivity index (χ1) is 7.37. The summed E-state index contributed by atoms with van der Waals surface area (Å²) in [6, 6.07) is 0. The van der Waals surface area contributed by atoms with Gasteiger partial charge in [0.15, 0.2) is 0 Å². The first-order valence-corrected chi connectivity index (χ1v) is 6.69. The number of hydrogen-bond acceptors (Lipinski definition) is 2. The molecule has 0 aromatic carbocycles. The van der Waals surface area contributed by atoms with Crippen LogP contribution in [0, 0.1) is 5.41 Å². The van der Waals surface area contributed by atoms with E-state index in [1.54, 1.807) is 0 Å². The van der Waals surface area contributed by atoms with E-state index in [2.05, 4.69) is 20.8 Å². The zero-order chi connectivity index (χ0) is 12.2. The van der Waals surface area contributed by atoms with Crippen molar-refractivity contribution < 1.29 is 9.84 Å². The molecule has 0 aliphatic heterocycles. The number of ether oxygens (including phenoxy) is 1. The second-order valence-electron chi connectivity index (χ2n) is 6.29. The van der Waals surface area contributed by atoms with Gasteiger partial charge in [-0.1, -0.05) is 40.0 Å². The van der Waals surface area contributed by atoms with Crippen LogP contribution in [0.4, 0.5) is 0 Å². The summed E-state index contributed by atoms with van der Waals surface area (Å²) >= 11 is 0. The monoisotopic (exact) mass is 228 g/mol. The van der Waals surface area contributed by atoms with Gasteiger partial charge in [0.05, 0.1) is 11.7 Å². The minimum atomic E-state index is -0.249. The molecule has 1 aliphatic rings. The van der Waals surface area contributed by atoms with Crippen molar-refractivity contribution in [1.82, 2.24) is 0 Å². The molecule has 1 rings (SSSR count). The lowest BCUT2D eigenvalue weighted by Gasteiger charge is -2.47. The summed E-state index contributed by atoms with van der Waals surface area (Å²) in [4.78, 5) is 0. The van der Waals surface area contributed by atoms with E-state index in [4.69, 9.17) is 4.74 Å². The maximum absolute atomic E-state index is 9.29. The minimum Gasteiger partial charge on any atom is -0.393 e. The summed E-state index contributed by atoms with van der Waals surface area (Å²) in [5.41, 5.74) is 0.242. The van der Waals surface area contributed by atoms with Crippen LogP contribution in [0.25, 0.3) is 0 Å². The van der Waals surface area contributed by atoms with Crippen molar-refractivity contribution in [1.29, 1.82) is 0 Å². The number of aliphatic hydroxyl groups is 1. The molecule has 1 aliphatic carbocycles. The summed E-state index contributed by atoms with van der Waals surface area (Å²) < 4.78 is 6.19. The standard InChI is InChI=1S/C14H28O2/c1-12(15)8-11-16-14(13(2,3)4)9-6-5-7-10-14/h12,15H,5-11H2,1-4H3.